The molecule has 62 valence electrons. The van der Waals surface area contributed by atoms with Crippen molar-refractivity contribution in [2.75, 3.05) is 0 Å². The molecule has 0 saturated heterocycles. The third-order valence-electron chi connectivity index (χ3n) is 2.75. The van der Waals surface area contributed by atoms with Crippen LogP contribution in [0.15, 0.2) is 0 Å². The number of Topliss-reactive ketones (excluding diaryl/α,β-unsaturated/α-hetero) is 2. The molecule has 1 aliphatic rings. The number of hydrogen-bond donors (Lipinski definition) is 0. The molecule has 0 bridgehead atoms. The topological polar surface area (TPSA) is 34.1 Å². The Morgan fingerprint density at radius 1 is 1.27 bits per heavy atom. The van der Waals surface area contributed by atoms with Crippen molar-refractivity contribution in [3.8, 4) is 0 Å². The Labute approximate surface area is 67.0 Å². The summed E-state index contributed by atoms with van der Waals surface area (Å²) in [4.78, 5) is 22.7. The normalized spacial score (nSPS) is 23.8. The van der Waals surface area contributed by atoms with E-state index in [0.717, 1.165) is 6.42 Å². The maximum atomic E-state index is 11.3. The molecule has 0 unspecified atom stereocenters. The molecule has 0 atom stereocenters. The summed E-state index contributed by atoms with van der Waals surface area (Å²) in [5.74, 6) is 0.271. The molecule has 0 aromatic carbocycles. The van der Waals surface area contributed by atoms with Crippen LogP contribution in [0.1, 0.15) is 39.5 Å². The van der Waals surface area contributed by atoms with Gasteiger partial charge in [-0.3, -0.25) is 9.59 Å². The Kier molecular flexibility index (Phi) is 2.12. The van der Waals surface area contributed by atoms with Crippen LogP contribution >= 0.6 is 0 Å². The highest BCUT2D eigenvalue weighted by molar-refractivity contribution is 6.08. The predicted molar refractivity (Wildman–Crippen MR) is 42.3 cm³/mol. The van der Waals surface area contributed by atoms with E-state index in [1.54, 1.807) is 6.92 Å². The van der Waals surface area contributed by atoms with Crippen molar-refractivity contribution >= 4 is 11.6 Å². The lowest BCUT2D eigenvalue weighted by Gasteiger charge is -2.28. The largest absolute Gasteiger partial charge is 0.299 e. The highest BCUT2D eigenvalue weighted by Gasteiger charge is 2.40. The average Bonchev–Trinajstić information content (AvgIpc) is 2.00. The quantitative estimate of drug-likeness (QED) is 0.539. The third-order valence-corrected chi connectivity index (χ3v) is 2.75. The standard InChI is InChI=1S/C9H14O2/c1-3-9(2)7(10)5-4-6-8(9)11/h3-6H2,1-2H3. The number of hydrogen-bond acceptors (Lipinski definition) is 2. The molecule has 1 saturated carbocycles. The zero-order chi connectivity index (χ0) is 8.48. The SMILES string of the molecule is CCC1(C)C(=O)CCCC1=O. The van der Waals surface area contributed by atoms with E-state index in [4.69, 9.17) is 0 Å². The molecule has 0 radical (unpaired) electrons. The molecule has 0 heterocycles. The highest BCUT2D eigenvalue weighted by Crippen LogP contribution is 2.32. The summed E-state index contributed by atoms with van der Waals surface area (Å²) < 4.78 is 0. The van der Waals surface area contributed by atoms with E-state index >= 15 is 0 Å². The first-order valence-electron chi connectivity index (χ1n) is 4.18. The molecule has 0 aromatic heterocycles. The molecule has 1 fully saturated rings. The summed E-state index contributed by atoms with van der Waals surface area (Å²) in [6.07, 6.45) is 2.60. The average molecular weight is 154 g/mol. The van der Waals surface area contributed by atoms with Crippen LogP contribution in [-0.4, -0.2) is 11.6 Å². The zero-order valence-electron chi connectivity index (χ0n) is 7.14. The fourth-order valence-electron chi connectivity index (χ4n) is 1.51. The molecule has 0 amide bonds. The van der Waals surface area contributed by atoms with Crippen LogP contribution in [0.2, 0.25) is 0 Å². The minimum atomic E-state index is -0.641. The Morgan fingerprint density at radius 2 is 1.73 bits per heavy atom. The second-order valence-corrected chi connectivity index (χ2v) is 3.39. The van der Waals surface area contributed by atoms with Crippen molar-refractivity contribution in [1.29, 1.82) is 0 Å². The van der Waals surface area contributed by atoms with Crippen LogP contribution in [0.3, 0.4) is 0 Å². The van der Waals surface area contributed by atoms with Gasteiger partial charge in [-0.1, -0.05) is 6.92 Å². The molecular weight excluding hydrogens is 140 g/mol. The molecule has 1 aliphatic carbocycles. The van der Waals surface area contributed by atoms with E-state index < -0.39 is 5.41 Å². The number of ketones is 2. The van der Waals surface area contributed by atoms with Gasteiger partial charge in [0.15, 0.2) is 0 Å². The van der Waals surface area contributed by atoms with Gasteiger partial charge in [-0.25, -0.2) is 0 Å². The van der Waals surface area contributed by atoms with E-state index in [1.165, 1.54) is 0 Å². The lowest BCUT2D eigenvalue weighted by molar-refractivity contribution is -0.142. The van der Waals surface area contributed by atoms with Gasteiger partial charge in [-0.15, -0.1) is 0 Å². The van der Waals surface area contributed by atoms with Crippen LogP contribution in [0, 0.1) is 5.41 Å². The molecule has 0 aromatic rings. The maximum absolute atomic E-state index is 11.3. The molecule has 0 aliphatic heterocycles. The summed E-state index contributed by atoms with van der Waals surface area (Å²) >= 11 is 0. The third kappa shape index (κ3) is 1.22. The van der Waals surface area contributed by atoms with E-state index in [0.29, 0.717) is 19.3 Å². The van der Waals surface area contributed by atoms with Gasteiger partial charge in [0.2, 0.25) is 0 Å². The van der Waals surface area contributed by atoms with Crippen molar-refractivity contribution in [2.24, 2.45) is 5.41 Å². The molecule has 0 spiro atoms. The summed E-state index contributed by atoms with van der Waals surface area (Å²) in [6, 6.07) is 0. The van der Waals surface area contributed by atoms with Crippen LogP contribution in [0.25, 0.3) is 0 Å². The van der Waals surface area contributed by atoms with Crippen molar-refractivity contribution in [3.63, 3.8) is 0 Å². The van der Waals surface area contributed by atoms with Gasteiger partial charge < -0.3 is 0 Å². The first kappa shape index (κ1) is 8.44. The fourth-order valence-corrected chi connectivity index (χ4v) is 1.51. The Hall–Kier alpha value is -0.660. The lowest BCUT2D eigenvalue weighted by Crippen LogP contribution is -2.39. The second-order valence-electron chi connectivity index (χ2n) is 3.39. The first-order valence-corrected chi connectivity index (χ1v) is 4.18. The summed E-state index contributed by atoms with van der Waals surface area (Å²) in [5.41, 5.74) is -0.641. The molecule has 0 N–H and O–H groups in total. The predicted octanol–water partition coefficient (Wildman–Crippen LogP) is 1.72. The lowest BCUT2D eigenvalue weighted by atomic mass is 9.72. The van der Waals surface area contributed by atoms with E-state index in [9.17, 15) is 9.59 Å². The van der Waals surface area contributed by atoms with Crippen LogP contribution in [0.5, 0.6) is 0 Å². The molecule has 2 nitrogen and oxygen atoms in total. The van der Waals surface area contributed by atoms with Gasteiger partial charge in [0.1, 0.15) is 11.6 Å². The summed E-state index contributed by atoms with van der Waals surface area (Å²) in [5, 5.41) is 0. The van der Waals surface area contributed by atoms with Gasteiger partial charge in [0.05, 0.1) is 5.41 Å². The van der Waals surface area contributed by atoms with Crippen molar-refractivity contribution < 1.29 is 9.59 Å². The van der Waals surface area contributed by atoms with Gasteiger partial charge in [0, 0.05) is 12.8 Å². The maximum Gasteiger partial charge on any atom is 0.146 e. The van der Waals surface area contributed by atoms with Crippen molar-refractivity contribution in [2.45, 2.75) is 39.5 Å². The Bertz CT molecular complexity index is 178. The molecule has 11 heavy (non-hydrogen) atoms. The van der Waals surface area contributed by atoms with E-state index in [2.05, 4.69) is 0 Å². The van der Waals surface area contributed by atoms with E-state index in [-0.39, 0.29) is 11.6 Å². The minimum Gasteiger partial charge on any atom is -0.299 e. The Morgan fingerprint density at radius 3 is 2.00 bits per heavy atom. The minimum absolute atomic E-state index is 0.135. The smallest absolute Gasteiger partial charge is 0.146 e. The second kappa shape index (κ2) is 2.76. The van der Waals surface area contributed by atoms with Crippen molar-refractivity contribution in [1.82, 2.24) is 0 Å². The van der Waals surface area contributed by atoms with Gasteiger partial charge in [-0.2, -0.15) is 0 Å². The van der Waals surface area contributed by atoms with Gasteiger partial charge in [0.25, 0.3) is 0 Å². The van der Waals surface area contributed by atoms with Gasteiger partial charge >= 0.3 is 0 Å². The first-order chi connectivity index (χ1) is 5.11. The Balaban J connectivity index is 2.86. The van der Waals surface area contributed by atoms with Crippen LogP contribution < -0.4 is 0 Å². The molecule has 1 rings (SSSR count). The number of carbonyl (C=O) groups excluding carboxylic acids is 2. The highest BCUT2D eigenvalue weighted by atomic mass is 16.2. The van der Waals surface area contributed by atoms with Crippen LogP contribution in [-0.2, 0) is 9.59 Å². The van der Waals surface area contributed by atoms with E-state index in [1.807, 2.05) is 6.92 Å². The summed E-state index contributed by atoms with van der Waals surface area (Å²) in [7, 11) is 0. The van der Waals surface area contributed by atoms with Crippen molar-refractivity contribution in [3.05, 3.63) is 0 Å². The number of rotatable bonds is 1. The van der Waals surface area contributed by atoms with Gasteiger partial charge in [-0.05, 0) is 19.8 Å². The zero-order valence-corrected chi connectivity index (χ0v) is 7.14. The monoisotopic (exact) mass is 154 g/mol. The summed E-state index contributed by atoms with van der Waals surface area (Å²) in [6.45, 7) is 3.68. The molecule has 2 heteroatoms. The van der Waals surface area contributed by atoms with Crippen LogP contribution in [0.4, 0.5) is 0 Å². The number of carbonyl (C=O) groups is 2. The molecular formula is C9H14O2. The fraction of sp³-hybridized carbons (Fsp3) is 0.778.